The van der Waals surface area contributed by atoms with Crippen molar-refractivity contribution in [2.24, 2.45) is 0 Å². The van der Waals surface area contributed by atoms with Gasteiger partial charge in [-0.2, -0.15) is 0 Å². The highest BCUT2D eigenvalue weighted by atomic mass is 16.5. The van der Waals surface area contributed by atoms with Gasteiger partial charge in [0.15, 0.2) is 0 Å². The van der Waals surface area contributed by atoms with E-state index in [1.807, 2.05) is 6.07 Å². The number of methoxy groups -OCH3 is 1. The molecule has 2 rings (SSSR count). The summed E-state index contributed by atoms with van der Waals surface area (Å²) in [6, 6.07) is 12.7. The maximum Gasteiger partial charge on any atom is 0.119 e. The zero-order valence-corrected chi connectivity index (χ0v) is 8.58. The molecule has 0 aromatic heterocycles. The van der Waals surface area contributed by atoms with Crippen LogP contribution in [-0.4, -0.2) is 7.11 Å². The zero-order chi connectivity index (χ0) is 9.97. The second-order valence-corrected chi connectivity index (χ2v) is 3.40. The third kappa shape index (κ3) is 1.58. The van der Waals surface area contributed by atoms with Gasteiger partial charge in [0, 0.05) is 0 Å². The molecule has 2 aromatic carbocycles. The molecule has 0 N–H and O–H groups in total. The molecule has 72 valence electrons. The van der Waals surface area contributed by atoms with Gasteiger partial charge >= 0.3 is 0 Å². The molecule has 1 nitrogen and oxygen atoms in total. The lowest BCUT2D eigenvalue weighted by atomic mass is 10.1. The topological polar surface area (TPSA) is 9.23 Å². The van der Waals surface area contributed by atoms with E-state index in [2.05, 4.69) is 37.3 Å². The minimum Gasteiger partial charge on any atom is -0.497 e. The molecular weight excluding hydrogens is 172 g/mol. The van der Waals surface area contributed by atoms with Gasteiger partial charge in [-0.15, -0.1) is 0 Å². The van der Waals surface area contributed by atoms with Crippen LogP contribution in [0.15, 0.2) is 36.4 Å². The van der Waals surface area contributed by atoms with Gasteiger partial charge in [0.2, 0.25) is 0 Å². The van der Waals surface area contributed by atoms with Gasteiger partial charge in [0.25, 0.3) is 0 Å². The van der Waals surface area contributed by atoms with Crippen LogP contribution in [0, 0.1) is 0 Å². The van der Waals surface area contributed by atoms with E-state index in [0.29, 0.717) is 0 Å². The maximum absolute atomic E-state index is 5.20. The Bertz CT molecular complexity index is 407. The summed E-state index contributed by atoms with van der Waals surface area (Å²) in [5, 5.41) is 2.52. The Morgan fingerprint density at radius 1 is 1.00 bits per heavy atom. The van der Waals surface area contributed by atoms with Crippen molar-refractivity contribution in [1.82, 2.24) is 0 Å². The minimum atomic E-state index is 0.922. The number of ether oxygens (including phenoxy) is 1. The maximum atomic E-state index is 5.20. The predicted molar refractivity (Wildman–Crippen MR) is 59.9 cm³/mol. The number of rotatable bonds is 2. The van der Waals surface area contributed by atoms with E-state index in [4.69, 9.17) is 4.74 Å². The van der Waals surface area contributed by atoms with Crippen molar-refractivity contribution in [1.29, 1.82) is 0 Å². The van der Waals surface area contributed by atoms with E-state index in [1.54, 1.807) is 7.11 Å². The van der Waals surface area contributed by atoms with Crippen LogP contribution in [0.2, 0.25) is 0 Å². The summed E-state index contributed by atoms with van der Waals surface area (Å²) < 4.78 is 5.20. The van der Waals surface area contributed by atoms with Crippen LogP contribution in [0.5, 0.6) is 5.75 Å². The lowest BCUT2D eigenvalue weighted by molar-refractivity contribution is 0.415. The molecule has 0 heterocycles. The summed E-state index contributed by atoms with van der Waals surface area (Å²) >= 11 is 0. The zero-order valence-electron chi connectivity index (χ0n) is 8.58. The van der Waals surface area contributed by atoms with Crippen molar-refractivity contribution in [3.63, 3.8) is 0 Å². The summed E-state index contributed by atoms with van der Waals surface area (Å²) in [5.74, 6) is 0.922. The van der Waals surface area contributed by atoms with Gasteiger partial charge in [0.1, 0.15) is 5.75 Å². The molecule has 0 spiro atoms. The third-order valence-electron chi connectivity index (χ3n) is 2.52. The highest BCUT2D eigenvalue weighted by Crippen LogP contribution is 2.21. The minimum absolute atomic E-state index is 0.922. The van der Waals surface area contributed by atoms with E-state index in [1.165, 1.54) is 16.3 Å². The predicted octanol–water partition coefficient (Wildman–Crippen LogP) is 3.41. The van der Waals surface area contributed by atoms with E-state index in [-0.39, 0.29) is 0 Å². The summed E-state index contributed by atoms with van der Waals surface area (Å²) in [6.07, 6.45) is 1.08. The molecule has 0 aliphatic heterocycles. The molecule has 14 heavy (non-hydrogen) atoms. The van der Waals surface area contributed by atoms with Gasteiger partial charge in [-0.05, 0) is 34.9 Å². The summed E-state index contributed by atoms with van der Waals surface area (Å²) in [6.45, 7) is 2.17. The molecule has 0 aliphatic carbocycles. The number of fused-ring (bicyclic) bond motifs is 1. The molecule has 2 aromatic rings. The van der Waals surface area contributed by atoms with Crippen LogP contribution in [0.4, 0.5) is 0 Å². The summed E-state index contributed by atoms with van der Waals surface area (Å²) in [7, 11) is 1.70. The average Bonchev–Trinajstić information content (AvgIpc) is 2.27. The molecule has 0 fully saturated rings. The Balaban J connectivity index is 2.60. The van der Waals surface area contributed by atoms with Crippen LogP contribution < -0.4 is 4.74 Å². The SMILES string of the molecule is CCc1ccc2ccc(OC)cc2c1. The van der Waals surface area contributed by atoms with E-state index < -0.39 is 0 Å². The van der Waals surface area contributed by atoms with Crippen molar-refractivity contribution in [3.8, 4) is 5.75 Å². The van der Waals surface area contributed by atoms with Gasteiger partial charge < -0.3 is 4.74 Å². The molecule has 0 atom stereocenters. The van der Waals surface area contributed by atoms with Gasteiger partial charge in [-0.25, -0.2) is 0 Å². The highest BCUT2D eigenvalue weighted by Gasteiger charge is 1.97. The Morgan fingerprint density at radius 3 is 2.50 bits per heavy atom. The second-order valence-electron chi connectivity index (χ2n) is 3.40. The first-order chi connectivity index (χ1) is 6.83. The largest absolute Gasteiger partial charge is 0.497 e. The smallest absolute Gasteiger partial charge is 0.119 e. The average molecular weight is 186 g/mol. The van der Waals surface area contributed by atoms with Crippen LogP contribution in [0.25, 0.3) is 10.8 Å². The number of hydrogen-bond donors (Lipinski definition) is 0. The molecule has 0 radical (unpaired) electrons. The fourth-order valence-electron chi connectivity index (χ4n) is 1.62. The van der Waals surface area contributed by atoms with E-state index in [9.17, 15) is 0 Å². The molecule has 0 saturated carbocycles. The number of benzene rings is 2. The van der Waals surface area contributed by atoms with E-state index >= 15 is 0 Å². The Kier molecular flexibility index (Phi) is 2.40. The molecular formula is C13H14O. The Labute approximate surface area is 84.3 Å². The van der Waals surface area contributed by atoms with Gasteiger partial charge in [-0.3, -0.25) is 0 Å². The third-order valence-corrected chi connectivity index (χ3v) is 2.52. The molecule has 0 aliphatic rings. The van der Waals surface area contributed by atoms with Crippen molar-refractivity contribution < 1.29 is 4.74 Å². The molecule has 0 unspecified atom stereocenters. The quantitative estimate of drug-likeness (QED) is 0.698. The molecule has 0 amide bonds. The number of aryl methyl sites for hydroxylation is 1. The van der Waals surface area contributed by atoms with Crippen molar-refractivity contribution in [3.05, 3.63) is 42.0 Å². The lowest BCUT2D eigenvalue weighted by Gasteiger charge is -2.04. The molecule has 0 bridgehead atoms. The highest BCUT2D eigenvalue weighted by molar-refractivity contribution is 5.84. The summed E-state index contributed by atoms with van der Waals surface area (Å²) in [5.41, 5.74) is 1.37. The fraction of sp³-hybridized carbons (Fsp3) is 0.231. The van der Waals surface area contributed by atoms with Crippen LogP contribution in [-0.2, 0) is 6.42 Å². The standard InChI is InChI=1S/C13H14O/c1-3-10-4-5-11-6-7-13(14-2)9-12(11)8-10/h4-9H,3H2,1-2H3. The summed E-state index contributed by atoms with van der Waals surface area (Å²) in [4.78, 5) is 0. The van der Waals surface area contributed by atoms with Crippen molar-refractivity contribution in [2.45, 2.75) is 13.3 Å². The van der Waals surface area contributed by atoms with Gasteiger partial charge in [-0.1, -0.05) is 31.2 Å². The lowest BCUT2D eigenvalue weighted by Crippen LogP contribution is -1.84. The normalized spacial score (nSPS) is 10.4. The van der Waals surface area contributed by atoms with Crippen LogP contribution >= 0.6 is 0 Å². The first-order valence-corrected chi connectivity index (χ1v) is 4.90. The Hall–Kier alpha value is -1.50. The second kappa shape index (κ2) is 3.70. The first kappa shape index (κ1) is 9.07. The van der Waals surface area contributed by atoms with Crippen LogP contribution in [0.1, 0.15) is 12.5 Å². The van der Waals surface area contributed by atoms with Crippen molar-refractivity contribution >= 4 is 10.8 Å². The molecule has 1 heteroatoms. The monoisotopic (exact) mass is 186 g/mol. The molecule has 0 saturated heterocycles. The number of hydrogen-bond acceptors (Lipinski definition) is 1. The van der Waals surface area contributed by atoms with Crippen molar-refractivity contribution in [2.75, 3.05) is 7.11 Å². The first-order valence-electron chi connectivity index (χ1n) is 4.90. The fourth-order valence-corrected chi connectivity index (χ4v) is 1.62. The Morgan fingerprint density at radius 2 is 1.79 bits per heavy atom. The van der Waals surface area contributed by atoms with Gasteiger partial charge in [0.05, 0.1) is 7.11 Å². The van der Waals surface area contributed by atoms with E-state index in [0.717, 1.165) is 12.2 Å². The van der Waals surface area contributed by atoms with Crippen LogP contribution in [0.3, 0.4) is 0 Å².